The van der Waals surface area contributed by atoms with Gasteiger partial charge >= 0.3 is 7.12 Å². The molecule has 4 saturated carbocycles. The normalized spacial score (nSPS) is 71.6. The van der Waals surface area contributed by atoms with Crippen molar-refractivity contribution in [1.82, 2.24) is 0 Å². The molecule has 5 fully saturated rings. The van der Waals surface area contributed by atoms with Crippen LogP contribution in [0.1, 0.15) is 19.8 Å². The molecule has 0 amide bonds. The van der Waals surface area contributed by atoms with E-state index in [1.807, 2.05) is 0 Å². The lowest BCUT2D eigenvalue weighted by Crippen LogP contribution is -2.75. The summed E-state index contributed by atoms with van der Waals surface area (Å²) in [4.78, 5) is 0. The molecule has 5 rings (SSSR count). The molecule has 15 heavy (non-hydrogen) atoms. The van der Waals surface area contributed by atoms with E-state index in [0.717, 1.165) is 34.3 Å². The van der Waals surface area contributed by atoms with Crippen molar-refractivity contribution in [3.05, 3.63) is 0 Å². The molecule has 0 aromatic carbocycles. The lowest BCUT2D eigenvalue weighted by molar-refractivity contribution is -0.277. The van der Waals surface area contributed by atoms with Crippen molar-refractivity contribution in [2.75, 3.05) is 5.23 Å². The van der Waals surface area contributed by atoms with Crippen molar-refractivity contribution in [2.24, 2.45) is 29.1 Å². The minimum atomic E-state index is 0.00477. The highest BCUT2D eigenvalue weighted by molar-refractivity contribution is 9.09. The first-order valence-electron chi connectivity index (χ1n) is 6.12. The maximum absolute atomic E-state index is 6.18. The van der Waals surface area contributed by atoms with Crippen LogP contribution in [0.3, 0.4) is 0 Å². The van der Waals surface area contributed by atoms with Gasteiger partial charge in [-0.1, -0.05) is 15.9 Å². The minimum Gasteiger partial charge on any atom is -0.407 e. The van der Waals surface area contributed by atoms with E-state index in [-0.39, 0.29) is 12.7 Å². The number of hydrogen-bond donors (Lipinski definition) is 0. The summed E-state index contributed by atoms with van der Waals surface area (Å²) in [5, 5.41) is 0.819. The van der Waals surface area contributed by atoms with Gasteiger partial charge in [0.2, 0.25) is 0 Å². The third kappa shape index (κ3) is 0.595. The van der Waals surface area contributed by atoms with Crippen LogP contribution < -0.4 is 0 Å². The van der Waals surface area contributed by atoms with Gasteiger partial charge in [0.05, 0.1) is 5.60 Å². The van der Waals surface area contributed by atoms with E-state index in [9.17, 15) is 0 Å². The highest BCUT2D eigenvalue weighted by atomic mass is 79.9. The van der Waals surface area contributed by atoms with Crippen LogP contribution >= 0.6 is 15.9 Å². The van der Waals surface area contributed by atoms with E-state index >= 15 is 0 Å². The maximum Gasteiger partial charge on any atom is 0.468 e. The third-order valence-corrected chi connectivity index (χ3v) is 6.83. The van der Waals surface area contributed by atoms with Crippen molar-refractivity contribution in [3.8, 4) is 0 Å². The monoisotopic (exact) mass is 268 g/mol. The Labute approximate surface area is 98.3 Å². The van der Waals surface area contributed by atoms with Gasteiger partial charge in [0, 0.05) is 17.3 Å². The molecule has 0 aromatic heterocycles. The molecule has 4 aliphatic carbocycles. The summed E-state index contributed by atoms with van der Waals surface area (Å²) >= 11 is 3.48. The fraction of sp³-hybridized carbons (Fsp3) is 1.00. The fourth-order valence-corrected chi connectivity index (χ4v) is 6.39. The molecule has 1 aliphatic heterocycles. The zero-order valence-corrected chi connectivity index (χ0v) is 10.4. The van der Waals surface area contributed by atoms with Gasteiger partial charge in [0.15, 0.2) is 0 Å². The first-order chi connectivity index (χ1) is 7.23. The average Bonchev–Trinajstić information content (AvgIpc) is 2.55. The number of halogens is 1. The molecule has 1 heterocycles. The Balaban J connectivity index is 1.60. The Hall–Kier alpha value is 0.465. The van der Waals surface area contributed by atoms with Gasteiger partial charge in [-0.15, -0.1) is 0 Å². The fourth-order valence-electron chi connectivity index (χ4n) is 6.11. The predicted octanol–water partition coefficient (Wildman–Crippen LogP) is 1.87. The average molecular weight is 269 g/mol. The van der Waals surface area contributed by atoms with Crippen LogP contribution in [-0.4, -0.2) is 24.1 Å². The third-order valence-electron chi connectivity index (χ3n) is 6.30. The van der Waals surface area contributed by atoms with E-state index in [1.54, 1.807) is 0 Å². The standard InChI is InChI=1S/C11H14BBrO2/c1-10-8-3-6-5-2-7(9(10)11(5,6)8)14-12(4-13)15-10/h5-9H,2-4H2,1H3/t5?,6?,7?,8?,9?,10-,11-/m0/s1. The first kappa shape index (κ1) is 8.54. The maximum atomic E-state index is 6.18. The Morgan fingerprint density at radius 1 is 1.40 bits per heavy atom. The lowest BCUT2D eigenvalue weighted by Gasteiger charge is -2.69. The van der Waals surface area contributed by atoms with Crippen LogP contribution in [0, 0.1) is 29.1 Å². The van der Waals surface area contributed by atoms with Gasteiger partial charge in [-0.2, -0.15) is 0 Å². The molecular formula is C11H14BBrO2. The van der Waals surface area contributed by atoms with Gasteiger partial charge in [0.25, 0.3) is 0 Å². The van der Waals surface area contributed by atoms with Gasteiger partial charge in [-0.3, -0.25) is 0 Å². The molecule has 5 aliphatic rings. The van der Waals surface area contributed by atoms with E-state index in [4.69, 9.17) is 9.31 Å². The summed E-state index contributed by atoms with van der Waals surface area (Å²) < 4.78 is 12.2. The molecule has 80 valence electrons. The van der Waals surface area contributed by atoms with E-state index in [2.05, 4.69) is 22.9 Å². The molecule has 0 bridgehead atoms. The Morgan fingerprint density at radius 2 is 2.20 bits per heavy atom. The quantitative estimate of drug-likeness (QED) is 0.534. The van der Waals surface area contributed by atoms with Crippen LogP contribution in [-0.2, 0) is 9.31 Å². The van der Waals surface area contributed by atoms with E-state index in [1.165, 1.54) is 12.8 Å². The minimum absolute atomic E-state index is 0.00477. The molecule has 2 nitrogen and oxygen atoms in total. The summed E-state index contributed by atoms with van der Waals surface area (Å²) in [7, 11) is 0.00477. The zero-order valence-electron chi connectivity index (χ0n) is 8.78. The molecule has 0 radical (unpaired) electrons. The van der Waals surface area contributed by atoms with Gasteiger partial charge < -0.3 is 9.31 Å². The van der Waals surface area contributed by atoms with Crippen molar-refractivity contribution in [1.29, 1.82) is 0 Å². The molecule has 4 heteroatoms. The first-order valence-corrected chi connectivity index (χ1v) is 7.24. The highest BCUT2D eigenvalue weighted by Gasteiger charge is 2.95. The number of rotatable bonds is 1. The Bertz CT molecular complexity index is 376. The van der Waals surface area contributed by atoms with Crippen LogP contribution in [0.5, 0.6) is 0 Å². The molecule has 7 atom stereocenters. The Kier molecular flexibility index (Phi) is 1.19. The summed E-state index contributed by atoms with van der Waals surface area (Å²) in [6, 6.07) is 0. The number of hydrogen-bond acceptors (Lipinski definition) is 2. The van der Waals surface area contributed by atoms with Gasteiger partial charge in [-0.05, 0) is 42.9 Å². The van der Waals surface area contributed by atoms with Crippen molar-refractivity contribution < 1.29 is 9.31 Å². The second-order valence-electron chi connectivity index (χ2n) is 6.27. The summed E-state index contributed by atoms with van der Waals surface area (Å²) in [6.07, 6.45) is 3.29. The van der Waals surface area contributed by atoms with Crippen molar-refractivity contribution in [3.63, 3.8) is 0 Å². The second kappa shape index (κ2) is 2.09. The van der Waals surface area contributed by atoms with Crippen LogP contribution in [0.15, 0.2) is 0 Å². The predicted molar refractivity (Wildman–Crippen MR) is 59.5 cm³/mol. The summed E-state index contributed by atoms with van der Waals surface area (Å²) in [6.45, 7) is 2.34. The zero-order chi connectivity index (χ0) is 10.00. The van der Waals surface area contributed by atoms with Crippen molar-refractivity contribution >= 4 is 23.0 Å². The molecule has 1 spiro atoms. The lowest BCUT2D eigenvalue weighted by atomic mass is 9.42. The molecule has 0 N–H and O–H groups in total. The van der Waals surface area contributed by atoms with Crippen LogP contribution in [0.4, 0.5) is 0 Å². The number of alkyl halides is 1. The topological polar surface area (TPSA) is 18.5 Å². The molecule has 1 saturated heterocycles. The van der Waals surface area contributed by atoms with E-state index in [0.29, 0.717) is 6.10 Å². The SMILES string of the molecule is C[C@]12OB(CBr)OC3CC4C5CC1[C@]45C32. The van der Waals surface area contributed by atoms with Crippen molar-refractivity contribution in [2.45, 2.75) is 31.5 Å². The Morgan fingerprint density at radius 3 is 3.00 bits per heavy atom. The molecular weight excluding hydrogens is 255 g/mol. The van der Waals surface area contributed by atoms with Gasteiger partial charge in [0.1, 0.15) is 0 Å². The second-order valence-corrected chi connectivity index (χ2v) is 6.92. The smallest absolute Gasteiger partial charge is 0.407 e. The van der Waals surface area contributed by atoms with Crippen LogP contribution in [0.25, 0.3) is 0 Å². The van der Waals surface area contributed by atoms with E-state index < -0.39 is 0 Å². The van der Waals surface area contributed by atoms with Crippen LogP contribution in [0.2, 0.25) is 0 Å². The number of fused-ring (bicyclic) bond motifs is 2. The molecule has 0 aromatic rings. The molecule has 5 unspecified atom stereocenters. The largest absolute Gasteiger partial charge is 0.468 e. The summed E-state index contributed by atoms with van der Waals surface area (Å²) in [5.41, 5.74) is 0.903. The summed E-state index contributed by atoms with van der Waals surface area (Å²) in [5.74, 6) is 3.71. The van der Waals surface area contributed by atoms with Gasteiger partial charge in [-0.25, -0.2) is 0 Å². The highest BCUT2D eigenvalue weighted by Crippen LogP contribution is 2.94.